The molecule has 0 aromatic heterocycles. The van der Waals surface area contributed by atoms with Crippen LogP contribution in [0.1, 0.15) is 30.9 Å². The molecule has 0 fully saturated rings. The SMILES string of the molecule is CCCCS(=O)(=O)c1ccc(Br)c(C)c1C1=CCON1. The second-order valence-corrected chi connectivity index (χ2v) is 7.68. The van der Waals surface area contributed by atoms with Crippen LogP contribution in [0.5, 0.6) is 0 Å². The number of sulfone groups is 1. The summed E-state index contributed by atoms with van der Waals surface area (Å²) in [5.41, 5.74) is 5.10. The van der Waals surface area contributed by atoms with E-state index in [0.29, 0.717) is 23.5 Å². The van der Waals surface area contributed by atoms with Crippen LogP contribution in [0.15, 0.2) is 27.6 Å². The van der Waals surface area contributed by atoms with Crippen molar-refractivity contribution in [1.29, 1.82) is 0 Å². The van der Waals surface area contributed by atoms with Crippen molar-refractivity contribution >= 4 is 31.5 Å². The van der Waals surface area contributed by atoms with Gasteiger partial charge in [0.25, 0.3) is 0 Å². The third kappa shape index (κ3) is 3.07. The van der Waals surface area contributed by atoms with Gasteiger partial charge in [-0.2, -0.15) is 0 Å². The molecule has 0 aliphatic carbocycles. The smallest absolute Gasteiger partial charge is 0.179 e. The molecule has 0 atom stereocenters. The number of hydrogen-bond acceptors (Lipinski definition) is 4. The van der Waals surface area contributed by atoms with Crippen molar-refractivity contribution in [2.45, 2.75) is 31.6 Å². The van der Waals surface area contributed by atoms with Crippen molar-refractivity contribution < 1.29 is 13.3 Å². The van der Waals surface area contributed by atoms with Gasteiger partial charge in [-0.15, -0.1) is 0 Å². The molecule has 0 saturated carbocycles. The molecule has 20 heavy (non-hydrogen) atoms. The third-order valence-electron chi connectivity index (χ3n) is 3.28. The van der Waals surface area contributed by atoms with Gasteiger partial charge in [-0.05, 0) is 37.1 Å². The predicted molar refractivity (Wildman–Crippen MR) is 82.9 cm³/mol. The fourth-order valence-corrected chi connectivity index (χ4v) is 4.21. The Hall–Kier alpha value is -0.850. The Kier molecular flexibility index (Phi) is 4.88. The summed E-state index contributed by atoms with van der Waals surface area (Å²) in [5, 5.41) is 0. The highest BCUT2D eigenvalue weighted by molar-refractivity contribution is 9.10. The average Bonchev–Trinajstić information content (AvgIpc) is 2.93. The minimum absolute atomic E-state index is 0.172. The Labute approximate surface area is 128 Å². The number of halogens is 1. The van der Waals surface area contributed by atoms with Crippen LogP contribution in [0.2, 0.25) is 0 Å². The highest BCUT2D eigenvalue weighted by Crippen LogP contribution is 2.32. The number of benzene rings is 1. The number of hydrogen-bond donors (Lipinski definition) is 1. The number of rotatable bonds is 5. The largest absolute Gasteiger partial charge is 0.272 e. The van der Waals surface area contributed by atoms with Gasteiger partial charge in [-0.25, -0.2) is 8.42 Å². The van der Waals surface area contributed by atoms with E-state index in [-0.39, 0.29) is 5.75 Å². The summed E-state index contributed by atoms with van der Waals surface area (Å²) >= 11 is 3.46. The Morgan fingerprint density at radius 1 is 1.40 bits per heavy atom. The van der Waals surface area contributed by atoms with E-state index in [1.54, 1.807) is 12.1 Å². The standard InChI is InChI=1S/C14H18BrNO3S/c1-3-4-9-20(17,18)13-6-5-11(15)10(2)14(13)12-7-8-19-16-12/h5-7,16H,3-4,8-9H2,1-2H3. The second-order valence-electron chi connectivity index (χ2n) is 4.75. The molecule has 6 heteroatoms. The molecule has 0 bridgehead atoms. The highest BCUT2D eigenvalue weighted by Gasteiger charge is 2.24. The monoisotopic (exact) mass is 359 g/mol. The van der Waals surface area contributed by atoms with Crippen LogP contribution in [0.3, 0.4) is 0 Å². The summed E-state index contributed by atoms with van der Waals surface area (Å²) in [6, 6.07) is 3.45. The quantitative estimate of drug-likeness (QED) is 0.876. The Morgan fingerprint density at radius 3 is 2.75 bits per heavy atom. The molecule has 4 nitrogen and oxygen atoms in total. The molecule has 1 heterocycles. The molecule has 1 aliphatic rings. The van der Waals surface area contributed by atoms with Crippen molar-refractivity contribution in [1.82, 2.24) is 5.48 Å². The molecule has 0 amide bonds. The lowest BCUT2D eigenvalue weighted by Crippen LogP contribution is -2.14. The summed E-state index contributed by atoms with van der Waals surface area (Å²) in [5.74, 6) is 0.172. The zero-order valence-corrected chi connectivity index (χ0v) is 14.0. The normalized spacial score (nSPS) is 15.1. The van der Waals surface area contributed by atoms with E-state index < -0.39 is 9.84 Å². The molecule has 110 valence electrons. The van der Waals surface area contributed by atoms with Crippen molar-refractivity contribution in [3.05, 3.63) is 33.8 Å². The van der Waals surface area contributed by atoms with Crippen LogP contribution in [0, 0.1) is 6.92 Å². The topological polar surface area (TPSA) is 55.4 Å². The molecule has 1 aliphatic heterocycles. The number of hydroxylamine groups is 1. The average molecular weight is 360 g/mol. The fraction of sp³-hybridized carbons (Fsp3) is 0.429. The predicted octanol–water partition coefficient (Wildman–Crippen LogP) is 3.21. The molecule has 1 aromatic rings. The van der Waals surface area contributed by atoms with E-state index in [0.717, 1.165) is 22.2 Å². The van der Waals surface area contributed by atoms with Crippen LogP contribution in [0.4, 0.5) is 0 Å². The van der Waals surface area contributed by atoms with E-state index in [2.05, 4.69) is 21.4 Å². The first kappa shape index (κ1) is 15.5. The van der Waals surface area contributed by atoms with Crippen molar-refractivity contribution in [3.63, 3.8) is 0 Å². The van der Waals surface area contributed by atoms with Crippen molar-refractivity contribution in [2.24, 2.45) is 0 Å². The Bertz CT molecular complexity index is 638. The maximum atomic E-state index is 12.5. The summed E-state index contributed by atoms with van der Waals surface area (Å²) < 4.78 is 25.9. The number of unbranched alkanes of at least 4 members (excludes halogenated alkanes) is 1. The maximum Gasteiger partial charge on any atom is 0.179 e. The molecule has 1 N–H and O–H groups in total. The number of nitrogens with one attached hydrogen (secondary N) is 1. The summed E-state index contributed by atoms with van der Waals surface area (Å²) in [4.78, 5) is 5.47. The van der Waals surface area contributed by atoms with Crippen LogP contribution in [-0.4, -0.2) is 20.8 Å². The lowest BCUT2D eigenvalue weighted by molar-refractivity contribution is 0.121. The summed E-state index contributed by atoms with van der Waals surface area (Å²) in [7, 11) is -3.29. The molecular formula is C14H18BrNO3S. The second kappa shape index (κ2) is 6.28. The lowest BCUT2D eigenvalue weighted by Gasteiger charge is -2.15. The first-order valence-corrected chi connectivity index (χ1v) is 9.02. The van der Waals surface area contributed by atoms with Crippen molar-refractivity contribution in [3.8, 4) is 0 Å². The Morgan fingerprint density at radius 2 is 2.15 bits per heavy atom. The van der Waals surface area contributed by atoms with Crippen molar-refractivity contribution in [2.75, 3.05) is 12.4 Å². The minimum atomic E-state index is -3.29. The third-order valence-corrected chi connectivity index (χ3v) is 5.98. The van der Waals surface area contributed by atoms with Gasteiger partial charge < -0.3 is 0 Å². The highest BCUT2D eigenvalue weighted by atomic mass is 79.9. The lowest BCUT2D eigenvalue weighted by atomic mass is 10.1. The zero-order valence-electron chi connectivity index (χ0n) is 11.6. The molecule has 0 saturated heterocycles. The van der Waals surface area contributed by atoms with Gasteiger partial charge in [-0.3, -0.25) is 10.3 Å². The van der Waals surface area contributed by atoms with E-state index in [4.69, 9.17) is 4.84 Å². The first-order chi connectivity index (χ1) is 9.47. The maximum absolute atomic E-state index is 12.5. The molecular weight excluding hydrogens is 342 g/mol. The first-order valence-electron chi connectivity index (χ1n) is 6.57. The minimum Gasteiger partial charge on any atom is -0.272 e. The van der Waals surface area contributed by atoms with Gasteiger partial charge >= 0.3 is 0 Å². The van der Waals surface area contributed by atoms with Gasteiger partial charge in [0.2, 0.25) is 0 Å². The van der Waals surface area contributed by atoms with E-state index in [1.807, 2.05) is 19.9 Å². The van der Waals surface area contributed by atoms with E-state index in [9.17, 15) is 8.42 Å². The molecule has 0 unspecified atom stereocenters. The van der Waals surface area contributed by atoms with Crippen LogP contribution in [0.25, 0.3) is 5.70 Å². The Balaban J connectivity index is 2.56. The fourth-order valence-electron chi connectivity index (χ4n) is 2.14. The van der Waals surface area contributed by atoms with Gasteiger partial charge in [-0.1, -0.05) is 29.3 Å². The van der Waals surface area contributed by atoms with Gasteiger partial charge in [0, 0.05) is 10.0 Å². The van der Waals surface area contributed by atoms with E-state index >= 15 is 0 Å². The van der Waals surface area contributed by atoms with Gasteiger partial charge in [0.05, 0.1) is 23.0 Å². The van der Waals surface area contributed by atoms with Gasteiger partial charge in [0.1, 0.15) is 0 Å². The molecule has 2 rings (SSSR count). The van der Waals surface area contributed by atoms with Gasteiger partial charge in [0.15, 0.2) is 9.84 Å². The van der Waals surface area contributed by atoms with E-state index in [1.165, 1.54) is 0 Å². The van der Waals surface area contributed by atoms with Crippen LogP contribution in [-0.2, 0) is 14.7 Å². The summed E-state index contributed by atoms with van der Waals surface area (Å²) in [6.07, 6.45) is 3.38. The molecule has 1 aromatic carbocycles. The van der Waals surface area contributed by atoms with Crippen LogP contribution >= 0.6 is 15.9 Å². The molecule has 0 radical (unpaired) electrons. The molecule has 0 spiro atoms. The summed E-state index contributed by atoms with van der Waals surface area (Å²) in [6.45, 7) is 4.33. The van der Waals surface area contributed by atoms with Crippen LogP contribution < -0.4 is 5.48 Å². The zero-order chi connectivity index (χ0) is 14.8.